The van der Waals surface area contributed by atoms with Crippen molar-refractivity contribution in [2.24, 2.45) is 0 Å². The first kappa shape index (κ1) is 59.3. The molecule has 0 aliphatic carbocycles. The number of unbranched alkanes of at least 4 members (excludes halogenated alkanes) is 33. The maximum absolute atomic E-state index is 13.2. The average molecular weight is 860 g/mol. The summed E-state index contributed by atoms with van der Waals surface area (Å²) in [6.07, 6.45) is 56.6. The van der Waals surface area contributed by atoms with Gasteiger partial charge in [0, 0.05) is 6.42 Å². The van der Waals surface area contributed by atoms with Gasteiger partial charge in [-0.05, 0) is 57.8 Å². The van der Waals surface area contributed by atoms with Gasteiger partial charge in [0.15, 0.2) is 0 Å². The van der Waals surface area contributed by atoms with E-state index in [9.17, 15) is 19.8 Å². The molecule has 1 amide bonds. The lowest BCUT2D eigenvalue weighted by atomic mass is 10.0. The summed E-state index contributed by atoms with van der Waals surface area (Å²) < 4.78 is 5.94. The number of esters is 1. The van der Waals surface area contributed by atoms with Crippen LogP contribution < -0.4 is 5.32 Å². The molecular formula is C55H105NO5. The lowest BCUT2D eigenvalue weighted by Gasteiger charge is -2.24. The van der Waals surface area contributed by atoms with Crippen LogP contribution in [-0.2, 0) is 14.3 Å². The Balaban J connectivity index is 4.56. The van der Waals surface area contributed by atoms with E-state index in [0.29, 0.717) is 19.3 Å². The summed E-state index contributed by atoms with van der Waals surface area (Å²) in [5, 5.41) is 23.8. The Bertz CT molecular complexity index is 966. The van der Waals surface area contributed by atoms with Crippen LogP contribution in [0.4, 0.5) is 0 Å². The highest BCUT2D eigenvalue weighted by molar-refractivity contribution is 5.77. The molecule has 0 rings (SSSR count). The summed E-state index contributed by atoms with van der Waals surface area (Å²) in [5.41, 5.74) is 0. The van der Waals surface area contributed by atoms with E-state index < -0.39 is 18.2 Å². The molecule has 0 saturated carbocycles. The van der Waals surface area contributed by atoms with Crippen molar-refractivity contribution in [2.45, 2.75) is 309 Å². The lowest BCUT2D eigenvalue weighted by Crippen LogP contribution is -2.46. The third kappa shape index (κ3) is 44.7. The van der Waals surface area contributed by atoms with Gasteiger partial charge >= 0.3 is 5.97 Å². The molecule has 3 atom stereocenters. The van der Waals surface area contributed by atoms with Crippen LogP contribution in [-0.4, -0.2) is 46.9 Å². The SMILES string of the molecule is CCCCC/C=C\C/C=C\CCCCCCCC(CC(=O)NC(CO)C(O)CCCCCCCCCCCCC)OC(=O)CCCCCCCCCCCCCCCCCC. The van der Waals surface area contributed by atoms with E-state index in [1.54, 1.807) is 0 Å². The molecule has 0 spiro atoms. The number of hydrogen-bond donors (Lipinski definition) is 3. The molecule has 0 fully saturated rings. The van der Waals surface area contributed by atoms with Crippen LogP contribution in [0, 0.1) is 0 Å². The van der Waals surface area contributed by atoms with Crippen LogP contribution in [0.1, 0.15) is 290 Å². The number of rotatable bonds is 49. The number of hydrogen-bond acceptors (Lipinski definition) is 5. The Labute approximate surface area is 380 Å². The number of carbonyl (C=O) groups is 2. The quantitative estimate of drug-likeness (QED) is 0.0322. The zero-order valence-electron chi connectivity index (χ0n) is 41.1. The summed E-state index contributed by atoms with van der Waals surface area (Å²) in [6.45, 7) is 6.47. The van der Waals surface area contributed by atoms with E-state index in [1.165, 1.54) is 180 Å². The van der Waals surface area contributed by atoms with Crippen LogP contribution in [0.25, 0.3) is 0 Å². The standard InChI is InChI=1S/C55H105NO5/c1-4-7-10-13-16-19-22-24-26-28-30-33-36-39-42-45-48-55(60)61-51(46-43-40-37-34-32-29-27-25-23-20-17-14-11-8-5-2)49-54(59)56-52(50-57)53(58)47-44-41-38-35-31-21-18-15-12-9-6-3/h17,20,25,27,51-53,57-58H,4-16,18-19,21-24,26,28-50H2,1-3H3,(H,56,59)/b20-17-,27-25-. The third-order valence-corrected chi connectivity index (χ3v) is 12.5. The Morgan fingerprint density at radius 2 is 0.836 bits per heavy atom. The molecule has 0 aromatic heterocycles. The number of aliphatic hydroxyl groups is 2. The van der Waals surface area contributed by atoms with Crippen molar-refractivity contribution in [1.82, 2.24) is 5.32 Å². The molecular weight excluding hydrogens is 755 g/mol. The van der Waals surface area contributed by atoms with Crippen LogP contribution in [0.3, 0.4) is 0 Å². The molecule has 3 N–H and O–H groups in total. The van der Waals surface area contributed by atoms with Crippen LogP contribution in [0.2, 0.25) is 0 Å². The van der Waals surface area contributed by atoms with Gasteiger partial charge in [-0.3, -0.25) is 9.59 Å². The van der Waals surface area contributed by atoms with E-state index in [4.69, 9.17) is 4.74 Å². The summed E-state index contributed by atoms with van der Waals surface area (Å²) in [5.74, 6) is -0.471. The molecule has 0 saturated heterocycles. The first-order valence-electron chi connectivity index (χ1n) is 27.1. The second-order valence-corrected chi connectivity index (χ2v) is 18.6. The van der Waals surface area contributed by atoms with Crippen LogP contribution in [0.15, 0.2) is 24.3 Å². The molecule has 0 bridgehead atoms. The number of aliphatic hydroxyl groups excluding tert-OH is 2. The third-order valence-electron chi connectivity index (χ3n) is 12.5. The number of amides is 1. The molecule has 0 radical (unpaired) electrons. The molecule has 0 aromatic rings. The van der Waals surface area contributed by atoms with Crippen LogP contribution >= 0.6 is 0 Å². The summed E-state index contributed by atoms with van der Waals surface area (Å²) in [7, 11) is 0. The Kier molecular flexibility index (Phi) is 48.0. The van der Waals surface area contributed by atoms with Crippen molar-refractivity contribution in [3.8, 4) is 0 Å². The van der Waals surface area contributed by atoms with Crippen molar-refractivity contribution in [3.05, 3.63) is 24.3 Å². The van der Waals surface area contributed by atoms with Crippen molar-refractivity contribution < 1.29 is 24.5 Å². The smallest absolute Gasteiger partial charge is 0.306 e. The first-order valence-corrected chi connectivity index (χ1v) is 27.1. The number of carbonyl (C=O) groups excluding carboxylic acids is 2. The molecule has 0 aliphatic heterocycles. The molecule has 0 aliphatic rings. The number of ether oxygens (including phenoxy) is 1. The minimum absolute atomic E-state index is 0.0736. The van der Waals surface area contributed by atoms with Gasteiger partial charge in [-0.1, -0.05) is 244 Å². The molecule has 0 heterocycles. The Morgan fingerprint density at radius 3 is 1.28 bits per heavy atom. The predicted octanol–water partition coefficient (Wildman–Crippen LogP) is 16.3. The molecule has 61 heavy (non-hydrogen) atoms. The van der Waals surface area contributed by atoms with Gasteiger partial charge < -0.3 is 20.3 Å². The van der Waals surface area contributed by atoms with Crippen molar-refractivity contribution in [1.29, 1.82) is 0 Å². The highest BCUT2D eigenvalue weighted by Crippen LogP contribution is 2.18. The maximum Gasteiger partial charge on any atom is 0.306 e. The van der Waals surface area contributed by atoms with E-state index in [0.717, 1.165) is 64.2 Å². The average Bonchev–Trinajstić information content (AvgIpc) is 3.25. The van der Waals surface area contributed by atoms with E-state index in [-0.39, 0.29) is 24.9 Å². The molecule has 360 valence electrons. The van der Waals surface area contributed by atoms with Gasteiger partial charge in [-0.15, -0.1) is 0 Å². The fraction of sp³-hybridized carbons (Fsp3) is 0.891. The minimum atomic E-state index is -0.787. The fourth-order valence-electron chi connectivity index (χ4n) is 8.40. The van der Waals surface area contributed by atoms with E-state index in [1.807, 2.05) is 0 Å². The molecule has 3 unspecified atom stereocenters. The van der Waals surface area contributed by atoms with Gasteiger partial charge in [0.1, 0.15) is 6.10 Å². The monoisotopic (exact) mass is 860 g/mol. The fourth-order valence-corrected chi connectivity index (χ4v) is 8.40. The molecule has 6 nitrogen and oxygen atoms in total. The Hall–Kier alpha value is -1.66. The maximum atomic E-state index is 13.2. The zero-order chi connectivity index (χ0) is 44.5. The van der Waals surface area contributed by atoms with Crippen molar-refractivity contribution in [2.75, 3.05) is 6.61 Å². The highest BCUT2D eigenvalue weighted by Gasteiger charge is 2.24. The van der Waals surface area contributed by atoms with E-state index >= 15 is 0 Å². The van der Waals surface area contributed by atoms with Gasteiger partial charge in [0.25, 0.3) is 0 Å². The van der Waals surface area contributed by atoms with Gasteiger partial charge in [-0.2, -0.15) is 0 Å². The lowest BCUT2D eigenvalue weighted by molar-refractivity contribution is -0.151. The zero-order valence-corrected chi connectivity index (χ0v) is 41.1. The number of nitrogens with one attached hydrogen (secondary N) is 1. The topological polar surface area (TPSA) is 95.9 Å². The number of allylic oxidation sites excluding steroid dienone is 4. The van der Waals surface area contributed by atoms with Gasteiger partial charge in [0.2, 0.25) is 5.91 Å². The summed E-state index contributed by atoms with van der Waals surface area (Å²) in [4.78, 5) is 26.2. The minimum Gasteiger partial charge on any atom is -0.462 e. The molecule has 6 heteroatoms. The molecule has 0 aromatic carbocycles. The van der Waals surface area contributed by atoms with Gasteiger partial charge in [-0.25, -0.2) is 0 Å². The summed E-state index contributed by atoms with van der Waals surface area (Å²) >= 11 is 0. The first-order chi connectivity index (χ1) is 30.0. The van der Waals surface area contributed by atoms with Crippen molar-refractivity contribution >= 4 is 11.9 Å². The normalized spacial score (nSPS) is 13.3. The largest absolute Gasteiger partial charge is 0.462 e. The second-order valence-electron chi connectivity index (χ2n) is 18.6. The van der Waals surface area contributed by atoms with Crippen molar-refractivity contribution in [3.63, 3.8) is 0 Å². The van der Waals surface area contributed by atoms with Crippen LogP contribution in [0.5, 0.6) is 0 Å². The summed E-state index contributed by atoms with van der Waals surface area (Å²) in [6, 6.07) is -0.701. The Morgan fingerprint density at radius 1 is 0.475 bits per heavy atom. The van der Waals surface area contributed by atoms with E-state index in [2.05, 4.69) is 50.4 Å². The highest BCUT2D eigenvalue weighted by atomic mass is 16.5. The van der Waals surface area contributed by atoms with Gasteiger partial charge in [0.05, 0.1) is 25.2 Å². The second kappa shape index (κ2) is 49.4. The predicted molar refractivity (Wildman–Crippen MR) is 264 cm³/mol.